The Bertz CT molecular complexity index is 503. The zero-order valence-electron chi connectivity index (χ0n) is 11.1. The lowest BCUT2D eigenvalue weighted by molar-refractivity contribution is -0.694. The Morgan fingerprint density at radius 3 is 2.32 bits per heavy atom. The van der Waals surface area contributed by atoms with Crippen LogP contribution in [-0.2, 0) is 6.54 Å². The SMILES string of the molecule is c1ccc(C[n+]2cnc(N3CCCCC3)nc2)cc1. The van der Waals surface area contributed by atoms with Gasteiger partial charge < -0.3 is 4.90 Å². The topological polar surface area (TPSA) is 32.9 Å². The summed E-state index contributed by atoms with van der Waals surface area (Å²) < 4.78 is 2.02. The molecule has 19 heavy (non-hydrogen) atoms. The third-order valence-corrected chi connectivity index (χ3v) is 3.49. The summed E-state index contributed by atoms with van der Waals surface area (Å²) in [6.07, 6.45) is 7.59. The minimum atomic E-state index is 0.821. The molecule has 98 valence electrons. The monoisotopic (exact) mass is 255 g/mol. The molecule has 0 saturated carbocycles. The van der Waals surface area contributed by atoms with Gasteiger partial charge in [-0.25, -0.2) is 4.57 Å². The summed E-state index contributed by atoms with van der Waals surface area (Å²) in [6, 6.07) is 10.4. The summed E-state index contributed by atoms with van der Waals surface area (Å²) >= 11 is 0. The van der Waals surface area contributed by atoms with Gasteiger partial charge in [0.25, 0.3) is 0 Å². The van der Waals surface area contributed by atoms with Crippen molar-refractivity contribution < 1.29 is 4.57 Å². The van der Waals surface area contributed by atoms with E-state index in [4.69, 9.17) is 0 Å². The molecule has 3 rings (SSSR count). The summed E-state index contributed by atoms with van der Waals surface area (Å²) in [4.78, 5) is 11.2. The summed E-state index contributed by atoms with van der Waals surface area (Å²) in [7, 11) is 0. The van der Waals surface area contributed by atoms with E-state index in [9.17, 15) is 0 Å². The highest BCUT2D eigenvalue weighted by Gasteiger charge is 2.18. The molecule has 1 saturated heterocycles. The summed E-state index contributed by atoms with van der Waals surface area (Å²) in [5, 5.41) is 0. The van der Waals surface area contributed by atoms with Crippen molar-refractivity contribution in [3.8, 4) is 0 Å². The number of hydrogen-bond donors (Lipinski definition) is 0. The minimum absolute atomic E-state index is 0.821. The maximum Gasteiger partial charge on any atom is 0.377 e. The maximum atomic E-state index is 4.48. The molecule has 0 spiro atoms. The molecule has 0 unspecified atom stereocenters. The van der Waals surface area contributed by atoms with E-state index in [-0.39, 0.29) is 0 Å². The predicted molar refractivity (Wildman–Crippen MR) is 73.8 cm³/mol. The van der Waals surface area contributed by atoms with Crippen LogP contribution in [0.2, 0.25) is 0 Å². The van der Waals surface area contributed by atoms with Crippen molar-refractivity contribution in [1.82, 2.24) is 9.97 Å². The first-order valence-corrected chi connectivity index (χ1v) is 6.92. The lowest BCUT2D eigenvalue weighted by Crippen LogP contribution is -2.37. The van der Waals surface area contributed by atoms with Gasteiger partial charge in [-0.2, -0.15) is 0 Å². The van der Waals surface area contributed by atoms with Gasteiger partial charge in [0.2, 0.25) is 12.7 Å². The first kappa shape index (κ1) is 12.1. The highest BCUT2D eigenvalue weighted by atomic mass is 15.3. The summed E-state index contributed by atoms with van der Waals surface area (Å²) in [5.41, 5.74) is 1.27. The van der Waals surface area contributed by atoms with Gasteiger partial charge in [-0.05, 0) is 24.8 Å². The molecule has 0 bridgehead atoms. The first-order chi connectivity index (χ1) is 9.42. The van der Waals surface area contributed by atoms with Crippen LogP contribution in [0.5, 0.6) is 0 Å². The Balaban J connectivity index is 1.68. The third-order valence-electron chi connectivity index (χ3n) is 3.49. The highest BCUT2D eigenvalue weighted by Crippen LogP contribution is 2.13. The molecule has 0 aliphatic carbocycles. The number of aromatic nitrogens is 3. The summed E-state index contributed by atoms with van der Waals surface area (Å²) in [5.74, 6) is 0.865. The van der Waals surface area contributed by atoms with Crippen molar-refractivity contribution in [3.05, 3.63) is 48.5 Å². The Morgan fingerprint density at radius 2 is 1.63 bits per heavy atom. The van der Waals surface area contributed by atoms with E-state index in [0.717, 1.165) is 25.6 Å². The second-order valence-corrected chi connectivity index (χ2v) is 4.99. The molecule has 2 heterocycles. The smallest absolute Gasteiger partial charge is 0.313 e. The first-order valence-electron chi connectivity index (χ1n) is 6.92. The maximum absolute atomic E-state index is 4.48. The van der Waals surface area contributed by atoms with Crippen LogP contribution in [0, 0.1) is 0 Å². The highest BCUT2D eigenvalue weighted by molar-refractivity contribution is 5.27. The van der Waals surface area contributed by atoms with Crippen LogP contribution in [0.4, 0.5) is 5.95 Å². The van der Waals surface area contributed by atoms with Gasteiger partial charge in [0.1, 0.15) is 0 Å². The zero-order chi connectivity index (χ0) is 12.9. The van der Waals surface area contributed by atoms with Crippen molar-refractivity contribution in [3.63, 3.8) is 0 Å². The van der Waals surface area contributed by atoms with Crippen molar-refractivity contribution in [2.24, 2.45) is 0 Å². The van der Waals surface area contributed by atoms with Gasteiger partial charge in [-0.15, -0.1) is 0 Å². The molecule has 2 aromatic rings. The van der Waals surface area contributed by atoms with Gasteiger partial charge in [0.05, 0.1) is 6.54 Å². The number of piperidine rings is 1. The molecule has 4 heteroatoms. The lowest BCUT2D eigenvalue weighted by Gasteiger charge is -2.22. The molecule has 1 aliphatic heterocycles. The lowest BCUT2D eigenvalue weighted by atomic mass is 10.1. The molecule has 1 aromatic carbocycles. The van der Waals surface area contributed by atoms with E-state index in [1.54, 1.807) is 0 Å². The molecular weight excluding hydrogens is 236 g/mol. The van der Waals surface area contributed by atoms with Crippen molar-refractivity contribution in [2.45, 2.75) is 25.8 Å². The predicted octanol–water partition coefficient (Wildman–Crippen LogP) is 1.80. The van der Waals surface area contributed by atoms with Gasteiger partial charge >= 0.3 is 5.95 Å². The molecule has 1 aliphatic rings. The molecule has 1 aromatic heterocycles. The van der Waals surface area contributed by atoms with Crippen LogP contribution >= 0.6 is 0 Å². The normalized spacial score (nSPS) is 15.5. The number of nitrogens with zero attached hydrogens (tertiary/aromatic N) is 4. The number of hydrogen-bond acceptors (Lipinski definition) is 3. The van der Waals surface area contributed by atoms with Crippen LogP contribution in [0.15, 0.2) is 43.0 Å². The largest absolute Gasteiger partial charge is 0.377 e. The van der Waals surface area contributed by atoms with Crippen molar-refractivity contribution >= 4 is 5.95 Å². The molecule has 1 fully saturated rings. The molecule has 0 atom stereocenters. The minimum Gasteiger partial charge on any atom is -0.313 e. The fraction of sp³-hybridized carbons (Fsp3) is 0.400. The molecule has 0 amide bonds. The Morgan fingerprint density at radius 1 is 0.947 bits per heavy atom. The molecular formula is C15H19N4+. The third kappa shape index (κ3) is 3.08. The fourth-order valence-electron chi connectivity index (χ4n) is 2.45. The van der Waals surface area contributed by atoms with Gasteiger partial charge in [0, 0.05) is 13.1 Å². The van der Waals surface area contributed by atoms with E-state index in [0.29, 0.717) is 0 Å². The summed E-state index contributed by atoms with van der Waals surface area (Å²) in [6.45, 7) is 2.99. The number of rotatable bonds is 3. The second-order valence-electron chi connectivity index (χ2n) is 4.99. The van der Waals surface area contributed by atoms with Gasteiger partial charge in [0.15, 0.2) is 0 Å². The van der Waals surface area contributed by atoms with Crippen LogP contribution in [0.1, 0.15) is 24.8 Å². The average Bonchev–Trinajstić information content (AvgIpc) is 2.50. The quantitative estimate of drug-likeness (QED) is 0.784. The van der Waals surface area contributed by atoms with E-state index in [1.165, 1.54) is 24.8 Å². The standard InChI is InChI=1S/C15H19N4/c1-3-7-14(8-4-1)11-18-12-16-15(17-13-18)19-9-5-2-6-10-19/h1,3-4,7-8,12-13H,2,5-6,9-11H2/q+1. The Kier molecular flexibility index (Phi) is 3.68. The van der Waals surface area contributed by atoms with Gasteiger partial charge in [-0.3, -0.25) is 0 Å². The van der Waals surface area contributed by atoms with Crippen molar-refractivity contribution in [1.29, 1.82) is 0 Å². The van der Waals surface area contributed by atoms with E-state index < -0.39 is 0 Å². The molecule has 0 N–H and O–H groups in total. The van der Waals surface area contributed by atoms with Crippen molar-refractivity contribution in [2.75, 3.05) is 18.0 Å². The zero-order valence-corrected chi connectivity index (χ0v) is 11.1. The van der Waals surface area contributed by atoms with E-state index in [2.05, 4.69) is 39.1 Å². The average molecular weight is 255 g/mol. The Labute approximate surface area is 113 Å². The van der Waals surface area contributed by atoms with Crippen LogP contribution in [-0.4, -0.2) is 23.1 Å². The van der Waals surface area contributed by atoms with Crippen LogP contribution in [0.3, 0.4) is 0 Å². The molecule has 4 nitrogen and oxygen atoms in total. The number of anilines is 1. The van der Waals surface area contributed by atoms with Crippen LogP contribution < -0.4 is 9.47 Å². The second kappa shape index (κ2) is 5.78. The van der Waals surface area contributed by atoms with E-state index in [1.807, 2.05) is 23.3 Å². The van der Waals surface area contributed by atoms with Gasteiger partial charge in [-0.1, -0.05) is 40.3 Å². The molecule has 0 radical (unpaired) electrons. The number of benzene rings is 1. The fourth-order valence-corrected chi connectivity index (χ4v) is 2.45. The van der Waals surface area contributed by atoms with E-state index >= 15 is 0 Å². The Hall–Kier alpha value is -1.97. The van der Waals surface area contributed by atoms with Crippen LogP contribution in [0.25, 0.3) is 0 Å².